The lowest BCUT2D eigenvalue weighted by molar-refractivity contribution is 1.08. The predicted octanol–water partition coefficient (Wildman–Crippen LogP) is 10.8. The highest BCUT2D eigenvalue weighted by Crippen LogP contribution is 2.40. The lowest BCUT2D eigenvalue weighted by Crippen LogP contribution is -2.00. The molecule has 2 heterocycles. The second-order valence-corrected chi connectivity index (χ2v) is 11.7. The monoisotopic (exact) mass is 600 g/mol. The number of benzene rings is 7. The Morgan fingerprint density at radius 3 is 1.64 bits per heavy atom. The van der Waals surface area contributed by atoms with Crippen molar-refractivity contribution in [2.45, 2.75) is 0 Å². The van der Waals surface area contributed by atoms with Gasteiger partial charge in [-0.1, -0.05) is 140 Å². The molecule has 47 heavy (non-hydrogen) atoms. The number of aromatic nitrogens is 4. The van der Waals surface area contributed by atoms with Crippen LogP contribution in [0.1, 0.15) is 0 Å². The average molecular weight is 601 g/mol. The molecule has 0 aliphatic heterocycles. The van der Waals surface area contributed by atoms with Crippen LogP contribution in [0.3, 0.4) is 0 Å². The normalized spacial score (nSPS) is 11.4. The molecule has 0 aliphatic rings. The number of rotatable bonds is 5. The Hall–Kier alpha value is -6.39. The quantitative estimate of drug-likeness (QED) is 0.197. The summed E-state index contributed by atoms with van der Waals surface area (Å²) in [6.07, 6.45) is 0. The Labute approximate surface area is 272 Å². The van der Waals surface area contributed by atoms with Crippen LogP contribution < -0.4 is 0 Å². The standard InChI is InChI=1S/C43H28N4/c1-4-13-29(14-5-1)34-24-26-38-37(28-34)40-36(21-12-22-39(40)47(38)35-25-23-30-15-10-11-20-33(30)27-35)43-45-41(31-16-6-2-7-17-31)44-42(46-43)32-18-8-3-9-19-32/h1-28H. The maximum atomic E-state index is 5.13. The van der Waals surface area contributed by atoms with Crippen LogP contribution in [0.15, 0.2) is 170 Å². The molecule has 0 radical (unpaired) electrons. The molecule has 0 N–H and O–H groups in total. The zero-order chi connectivity index (χ0) is 31.2. The zero-order valence-corrected chi connectivity index (χ0v) is 25.5. The summed E-state index contributed by atoms with van der Waals surface area (Å²) in [5.74, 6) is 1.94. The largest absolute Gasteiger partial charge is 0.309 e. The fourth-order valence-electron chi connectivity index (χ4n) is 6.59. The molecule has 2 aromatic heterocycles. The van der Waals surface area contributed by atoms with E-state index >= 15 is 0 Å². The molecule has 0 bridgehead atoms. The van der Waals surface area contributed by atoms with Crippen LogP contribution in [0.25, 0.3) is 83.6 Å². The van der Waals surface area contributed by atoms with Gasteiger partial charge in [-0.2, -0.15) is 0 Å². The van der Waals surface area contributed by atoms with E-state index in [1.165, 1.54) is 16.3 Å². The van der Waals surface area contributed by atoms with Gasteiger partial charge in [0.15, 0.2) is 17.5 Å². The molecule has 0 saturated carbocycles. The van der Waals surface area contributed by atoms with Gasteiger partial charge in [-0.3, -0.25) is 0 Å². The fourth-order valence-corrected chi connectivity index (χ4v) is 6.59. The lowest BCUT2D eigenvalue weighted by atomic mass is 10.0. The predicted molar refractivity (Wildman–Crippen MR) is 193 cm³/mol. The second-order valence-electron chi connectivity index (χ2n) is 11.7. The topological polar surface area (TPSA) is 43.6 Å². The van der Waals surface area contributed by atoms with E-state index in [0.29, 0.717) is 17.5 Å². The highest BCUT2D eigenvalue weighted by atomic mass is 15.0. The van der Waals surface area contributed by atoms with Crippen molar-refractivity contribution in [3.05, 3.63) is 170 Å². The fraction of sp³-hybridized carbons (Fsp3) is 0. The van der Waals surface area contributed by atoms with Crippen molar-refractivity contribution in [2.75, 3.05) is 0 Å². The van der Waals surface area contributed by atoms with Crippen molar-refractivity contribution < 1.29 is 0 Å². The summed E-state index contributed by atoms with van der Waals surface area (Å²) in [6, 6.07) is 59.3. The van der Waals surface area contributed by atoms with Crippen LogP contribution in [-0.4, -0.2) is 19.5 Å². The van der Waals surface area contributed by atoms with E-state index in [4.69, 9.17) is 15.0 Å². The smallest absolute Gasteiger partial charge is 0.164 e. The minimum atomic E-state index is 0.644. The molecule has 0 saturated heterocycles. The minimum Gasteiger partial charge on any atom is -0.309 e. The summed E-state index contributed by atoms with van der Waals surface area (Å²) >= 11 is 0. The van der Waals surface area contributed by atoms with Gasteiger partial charge in [0.2, 0.25) is 0 Å². The van der Waals surface area contributed by atoms with Crippen LogP contribution in [0.4, 0.5) is 0 Å². The van der Waals surface area contributed by atoms with Crippen LogP contribution in [0.2, 0.25) is 0 Å². The molecule has 0 amide bonds. The second kappa shape index (κ2) is 11.2. The minimum absolute atomic E-state index is 0.644. The zero-order valence-electron chi connectivity index (χ0n) is 25.5. The molecular formula is C43H28N4. The van der Waals surface area contributed by atoms with E-state index in [1.807, 2.05) is 60.7 Å². The maximum Gasteiger partial charge on any atom is 0.164 e. The van der Waals surface area contributed by atoms with Crippen molar-refractivity contribution in [3.63, 3.8) is 0 Å². The Morgan fingerprint density at radius 2 is 0.957 bits per heavy atom. The molecule has 0 fully saturated rings. The first-order valence-corrected chi connectivity index (χ1v) is 15.8. The lowest BCUT2D eigenvalue weighted by Gasteiger charge is -2.11. The van der Waals surface area contributed by atoms with Gasteiger partial charge >= 0.3 is 0 Å². The average Bonchev–Trinajstić information content (AvgIpc) is 3.49. The summed E-state index contributed by atoms with van der Waals surface area (Å²) in [7, 11) is 0. The van der Waals surface area contributed by atoms with Crippen LogP contribution >= 0.6 is 0 Å². The number of hydrogen-bond donors (Lipinski definition) is 0. The third-order valence-corrected chi connectivity index (χ3v) is 8.83. The molecule has 7 aromatic carbocycles. The van der Waals surface area contributed by atoms with Gasteiger partial charge in [0, 0.05) is 33.2 Å². The summed E-state index contributed by atoms with van der Waals surface area (Å²) < 4.78 is 2.37. The first-order valence-electron chi connectivity index (χ1n) is 15.8. The van der Waals surface area contributed by atoms with E-state index in [-0.39, 0.29) is 0 Å². The number of nitrogens with zero attached hydrogens (tertiary/aromatic N) is 4. The van der Waals surface area contributed by atoms with Gasteiger partial charge in [0.1, 0.15) is 0 Å². The van der Waals surface area contributed by atoms with E-state index in [2.05, 4.69) is 114 Å². The molecular weight excluding hydrogens is 573 g/mol. The number of fused-ring (bicyclic) bond motifs is 4. The van der Waals surface area contributed by atoms with Crippen molar-refractivity contribution >= 4 is 32.6 Å². The molecule has 220 valence electrons. The van der Waals surface area contributed by atoms with Gasteiger partial charge in [0.25, 0.3) is 0 Å². The highest BCUT2D eigenvalue weighted by molar-refractivity contribution is 6.16. The van der Waals surface area contributed by atoms with E-state index < -0.39 is 0 Å². The van der Waals surface area contributed by atoms with Gasteiger partial charge in [0.05, 0.1) is 11.0 Å². The molecule has 9 aromatic rings. The third-order valence-electron chi connectivity index (χ3n) is 8.83. The third kappa shape index (κ3) is 4.75. The first kappa shape index (κ1) is 27.0. The highest BCUT2D eigenvalue weighted by Gasteiger charge is 2.20. The van der Waals surface area contributed by atoms with Crippen molar-refractivity contribution in [1.29, 1.82) is 0 Å². The Bertz CT molecular complexity index is 2500. The molecule has 0 aliphatic carbocycles. The van der Waals surface area contributed by atoms with Gasteiger partial charge < -0.3 is 4.57 Å². The molecule has 0 atom stereocenters. The first-order chi connectivity index (χ1) is 23.3. The van der Waals surface area contributed by atoms with Crippen LogP contribution in [0, 0.1) is 0 Å². The van der Waals surface area contributed by atoms with Crippen molar-refractivity contribution in [3.8, 4) is 51.0 Å². The van der Waals surface area contributed by atoms with E-state index in [1.54, 1.807) is 0 Å². The van der Waals surface area contributed by atoms with E-state index in [0.717, 1.165) is 49.7 Å². The van der Waals surface area contributed by atoms with Crippen LogP contribution in [0.5, 0.6) is 0 Å². The van der Waals surface area contributed by atoms with E-state index in [9.17, 15) is 0 Å². The van der Waals surface area contributed by atoms with Crippen molar-refractivity contribution in [2.24, 2.45) is 0 Å². The van der Waals surface area contributed by atoms with Gasteiger partial charge in [-0.25, -0.2) is 15.0 Å². The Morgan fingerprint density at radius 1 is 0.362 bits per heavy atom. The Kier molecular flexibility index (Phi) is 6.43. The molecule has 0 spiro atoms. The molecule has 9 rings (SSSR count). The molecule has 4 heteroatoms. The molecule has 4 nitrogen and oxygen atoms in total. The van der Waals surface area contributed by atoms with Gasteiger partial charge in [-0.05, 0) is 52.2 Å². The Balaban J connectivity index is 1.36. The summed E-state index contributed by atoms with van der Waals surface area (Å²) in [5.41, 5.74) is 8.54. The number of hydrogen-bond acceptors (Lipinski definition) is 3. The summed E-state index contributed by atoms with van der Waals surface area (Å²) in [4.78, 5) is 15.2. The molecule has 0 unspecified atom stereocenters. The maximum absolute atomic E-state index is 5.13. The van der Waals surface area contributed by atoms with Crippen LogP contribution in [-0.2, 0) is 0 Å². The van der Waals surface area contributed by atoms with Crippen molar-refractivity contribution in [1.82, 2.24) is 19.5 Å². The SMILES string of the molecule is c1ccc(-c2ccc3c(c2)c2c(-c4nc(-c5ccccc5)nc(-c5ccccc5)n4)cccc2n3-c2ccc3ccccc3c2)cc1. The summed E-state index contributed by atoms with van der Waals surface area (Å²) in [5, 5.41) is 4.68. The summed E-state index contributed by atoms with van der Waals surface area (Å²) in [6.45, 7) is 0. The van der Waals surface area contributed by atoms with Gasteiger partial charge in [-0.15, -0.1) is 0 Å².